The molecule has 0 aliphatic heterocycles. The van der Waals surface area contributed by atoms with E-state index in [9.17, 15) is 5.11 Å². The lowest BCUT2D eigenvalue weighted by molar-refractivity contribution is 0.189. The Morgan fingerprint density at radius 2 is 1.86 bits per heavy atom. The molecule has 3 heteroatoms. The van der Waals surface area contributed by atoms with Gasteiger partial charge in [-0.05, 0) is 29.8 Å². The molecule has 14 heavy (non-hydrogen) atoms. The van der Waals surface area contributed by atoms with Gasteiger partial charge < -0.3 is 15.3 Å². The number of benzene rings is 1. The fourth-order valence-electron chi connectivity index (χ4n) is 1.29. The van der Waals surface area contributed by atoms with Crippen molar-refractivity contribution < 1.29 is 9.52 Å². The number of rotatable bonds is 2. The van der Waals surface area contributed by atoms with Gasteiger partial charge in [0.2, 0.25) is 0 Å². The molecule has 0 bridgehead atoms. The summed E-state index contributed by atoms with van der Waals surface area (Å²) in [6, 6.07) is 10.5. The van der Waals surface area contributed by atoms with Crippen LogP contribution in [-0.4, -0.2) is 5.11 Å². The molecule has 0 saturated heterocycles. The van der Waals surface area contributed by atoms with Crippen LogP contribution in [0.3, 0.4) is 0 Å². The van der Waals surface area contributed by atoms with E-state index in [1.54, 1.807) is 36.4 Å². The minimum atomic E-state index is -0.717. The van der Waals surface area contributed by atoms with Crippen molar-refractivity contribution in [1.29, 1.82) is 0 Å². The van der Waals surface area contributed by atoms with Crippen LogP contribution in [0.4, 0.5) is 5.69 Å². The van der Waals surface area contributed by atoms with Gasteiger partial charge >= 0.3 is 0 Å². The molecule has 0 aliphatic rings. The van der Waals surface area contributed by atoms with E-state index in [-0.39, 0.29) is 0 Å². The van der Waals surface area contributed by atoms with Crippen molar-refractivity contribution in [3.8, 4) is 0 Å². The quantitative estimate of drug-likeness (QED) is 0.710. The van der Waals surface area contributed by atoms with Gasteiger partial charge in [0.15, 0.2) is 0 Å². The Kier molecular flexibility index (Phi) is 2.24. The number of aliphatic hydroxyl groups excluding tert-OH is 1. The standard InChI is InChI=1S/C11H11NO2/c12-9-5-3-8(4-6-9)11(13)10-2-1-7-14-10/h1-7,11,13H,12H2. The Morgan fingerprint density at radius 3 is 2.43 bits per heavy atom. The molecule has 0 spiro atoms. The summed E-state index contributed by atoms with van der Waals surface area (Å²) in [6.07, 6.45) is 0.821. The highest BCUT2D eigenvalue weighted by Crippen LogP contribution is 2.22. The average Bonchev–Trinajstić information content (AvgIpc) is 2.71. The first kappa shape index (κ1) is 8.84. The molecule has 3 N–H and O–H groups in total. The predicted molar refractivity (Wildman–Crippen MR) is 53.6 cm³/mol. The lowest BCUT2D eigenvalue weighted by Gasteiger charge is -2.07. The summed E-state index contributed by atoms with van der Waals surface area (Å²) < 4.78 is 5.10. The van der Waals surface area contributed by atoms with Gasteiger partial charge in [0.05, 0.1) is 6.26 Å². The molecular weight excluding hydrogens is 178 g/mol. The molecule has 1 aromatic heterocycles. The summed E-state index contributed by atoms with van der Waals surface area (Å²) in [6.45, 7) is 0. The highest BCUT2D eigenvalue weighted by atomic mass is 16.4. The van der Waals surface area contributed by atoms with Crippen LogP contribution < -0.4 is 5.73 Å². The topological polar surface area (TPSA) is 59.4 Å². The molecule has 0 amide bonds. The molecule has 1 aromatic carbocycles. The molecule has 2 aromatic rings. The summed E-state index contributed by atoms with van der Waals surface area (Å²) in [5.41, 5.74) is 6.99. The van der Waals surface area contributed by atoms with Crippen molar-refractivity contribution in [3.05, 3.63) is 54.0 Å². The van der Waals surface area contributed by atoms with Crippen LogP contribution in [0.15, 0.2) is 47.1 Å². The van der Waals surface area contributed by atoms with E-state index in [2.05, 4.69) is 0 Å². The van der Waals surface area contributed by atoms with Crippen LogP contribution in [0.25, 0.3) is 0 Å². The maximum absolute atomic E-state index is 9.84. The summed E-state index contributed by atoms with van der Waals surface area (Å²) >= 11 is 0. The van der Waals surface area contributed by atoms with E-state index in [1.165, 1.54) is 6.26 Å². The molecular formula is C11H11NO2. The van der Waals surface area contributed by atoms with Gasteiger partial charge in [0.25, 0.3) is 0 Å². The third-order valence-corrected chi connectivity index (χ3v) is 2.06. The number of nitrogen functional groups attached to an aromatic ring is 1. The normalized spacial score (nSPS) is 12.6. The Bertz CT molecular complexity index is 392. The monoisotopic (exact) mass is 189 g/mol. The van der Waals surface area contributed by atoms with Crippen molar-refractivity contribution in [2.45, 2.75) is 6.10 Å². The SMILES string of the molecule is Nc1ccc(C(O)c2ccco2)cc1. The van der Waals surface area contributed by atoms with Crippen LogP contribution in [-0.2, 0) is 0 Å². The average molecular weight is 189 g/mol. The zero-order valence-corrected chi connectivity index (χ0v) is 7.55. The van der Waals surface area contributed by atoms with Crippen LogP contribution in [0.5, 0.6) is 0 Å². The predicted octanol–water partition coefficient (Wildman–Crippen LogP) is 1.94. The number of aliphatic hydroxyl groups is 1. The summed E-state index contributed by atoms with van der Waals surface area (Å²) in [4.78, 5) is 0. The molecule has 2 rings (SSSR count). The van der Waals surface area contributed by atoms with Gasteiger partial charge in [-0.2, -0.15) is 0 Å². The van der Waals surface area contributed by atoms with E-state index in [1.807, 2.05) is 0 Å². The smallest absolute Gasteiger partial charge is 0.137 e. The highest BCUT2D eigenvalue weighted by molar-refractivity contribution is 5.40. The first-order valence-corrected chi connectivity index (χ1v) is 4.34. The molecule has 0 aliphatic carbocycles. The van der Waals surface area contributed by atoms with E-state index in [0.717, 1.165) is 5.56 Å². The lowest BCUT2D eigenvalue weighted by atomic mass is 10.1. The Balaban J connectivity index is 2.28. The molecule has 1 atom stereocenters. The van der Waals surface area contributed by atoms with Gasteiger partial charge in [-0.1, -0.05) is 12.1 Å². The Hall–Kier alpha value is -1.74. The summed E-state index contributed by atoms with van der Waals surface area (Å²) in [5, 5.41) is 9.84. The van der Waals surface area contributed by atoms with Crippen molar-refractivity contribution in [3.63, 3.8) is 0 Å². The first-order chi connectivity index (χ1) is 6.77. The first-order valence-electron chi connectivity index (χ1n) is 4.34. The van der Waals surface area contributed by atoms with Crippen LogP contribution in [0.2, 0.25) is 0 Å². The maximum Gasteiger partial charge on any atom is 0.137 e. The van der Waals surface area contributed by atoms with Gasteiger partial charge in [0.1, 0.15) is 11.9 Å². The van der Waals surface area contributed by atoms with E-state index in [0.29, 0.717) is 11.4 Å². The second-order valence-corrected chi connectivity index (χ2v) is 3.08. The van der Waals surface area contributed by atoms with Gasteiger partial charge in [-0.25, -0.2) is 0 Å². The van der Waals surface area contributed by atoms with Crippen LogP contribution in [0.1, 0.15) is 17.4 Å². The maximum atomic E-state index is 9.84. The molecule has 0 radical (unpaired) electrons. The molecule has 3 nitrogen and oxygen atoms in total. The third-order valence-electron chi connectivity index (χ3n) is 2.06. The molecule has 0 fully saturated rings. The summed E-state index contributed by atoms with van der Waals surface area (Å²) in [5.74, 6) is 0.537. The van der Waals surface area contributed by atoms with E-state index < -0.39 is 6.10 Å². The summed E-state index contributed by atoms with van der Waals surface area (Å²) in [7, 11) is 0. The minimum Gasteiger partial charge on any atom is -0.466 e. The lowest BCUT2D eigenvalue weighted by Crippen LogP contribution is -1.97. The van der Waals surface area contributed by atoms with E-state index >= 15 is 0 Å². The minimum absolute atomic E-state index is 0.537. The van der Waals surface area contributed by atoms with Gasteiger partial charge in [-0.15, -0.1) is 0 Å². The van der Waals surface area contributed by atoms with Gasteiger partial charge in [-0.3, -0.25) is 0 Å². The Morgan fingerprint density at radius 1 is 1.14 bits per heavy atom. The van der Waals surface area contributed by atoms with Crippen molar-refractivity contribution in [2.24, 2.45) is 0 Å². The highest BCUT2D eigenvalue weighted by Gasteiger charge is 2.11. The molecule has 1 heterocycles. The number of hydrogen-bond acceptors (Lipinski definition) is 3. The third kappa shape index (κ3) is 1.63. The second kappa shape index (κ2) is 3.55. The number of furan rings is 1. The number of nitrogens with two attached hydrogens (primary N) is 1. The number of anilines is 1. The van der Waals surface area contributed by atoms with Crippen molar-refractivity contribution in [2.75, 3.05) is 5.73 Å². The largest absolute Gasteiger partial charge is 0.466 e. The zero-order chi connectivity index (χ0) is 9.97. The van der Waals surface area contributed by atoms with Crippen molar-refractivity contribution >= 4 is 5.69 Å². The molecule has 72 valence electrons. The molecule has 0 saturated carbocycles. The molecule has 1 unspecified atom stereocenters. The number of hydrogen-bond donors (Lipinski definition) is 2. The fraction of sp³-hybridized carbons (Fsp3) is 0.0909. The van der Waals surface area contributed by atoms with E-state index in [4.69, 9.17) is 10.2 Å². The Labute approximate surface area is 81.8 Å². The second-order valence-electron chi connectivity index (χ2n) is 3.08. The van der Waals surface area contributed by atoms with Crippen LogP contribution in [0, 0.1) is 0 Å². The fourth-order valence-corrected chi connectivity index (χ4v) is 1.29. The van der Waals surface area contributed by atoms with Gasteiger partial charge in [0, 0.05) is 5.69 Å². The van der Waals surface area contributed by atoms with Crippen molar-refractivity contribution in [1.82, 2.24) is 0 Å². The van der Waals surface area contributed by atoms with Crippen LogP contribution >= 0.6 is 0 Å². The zero-order valence-electron chi connectivity index (χ0n) is 7.55.